The molecule has 0 amide bonds. The van der Waals surface area contributed by atoms with Crippen LogP contribution in [0.3, 0.4) is 0 Å². The maximum absolute atomic E-state index is 13.7. The van der Waals surface area contributed by atoms with Crippen LogP contribution in [0.2, 0.25) is 0 Å². The SMILES string of the molecule is C.CCOC(=O)c1cnn(-c2ccc(F)c3nccn23)c1SC. The predicted octanol–water partition coefficient (Wildman–Crippen LogP) is 3.19. The van der Waals surface area contributed by atoms with E-state index in [2.05, 4.69) is 10.1 Å². The van der Waals surface area contributed by atoms with Crippen LogP contribution in [0.5, 0.6) is 0 Å². The summed E-state index contributed by atoms with van der Waals surface area (Å²) in [5, 5.41) is 4.87. The Hall–Kier alpha value is -2.35. The van der Waals surface area contributed by atoms with Crippen molar-refractivity contribution in [2.45, 2.75) is 19.4 Å². The molecule has 0 bridgehead atoms. The zero-order valence-electron chi connectivity index (χ0n) is 12.0. The molecule has 23 heavy (non-hydrogen) atoms. The van der Waals surface area contributed by atoms with Crippen molar-refractivity contribution < 1.29 is 13.9 Å². The van der Waals surface area contributed by atoms with Gasteiger partial charge in [-0.05, 0) is 25.3 Å². The van der Waals surface area contributed by atoms with Gasteiger partial charge in [0.05, 0.1) is 12.8 Å². The van der Waals surface area contributed by atoms with Crippen molar-refractivity contribution in [1.29, 1.82) is 0 Å². The predicted molar refractivity (Wildman–Crippen MR) is 86.7 cm³/mol. The first-order valence-corrected chi connectivity index (χ1v) is 7.81. The molecule has 0 N–H and O–H groups in total. The maximum Gasteiger partial charge on any atom is 0.342 e. The number of hydrogen-bond acceptors (Lipinski definition) is 5. The fourth-order valence-electron chi connectivity index (χ4n) is 2.19. The average Bonchev–Trinajstić information content (AvgIpc) is 3.14. The van der Waals surface area contributed by atoms with Gasteiger partial charge in [0.1, 0.15) is 16.4 Å². The highest BCUT2D eigenvalue weighted by atomic mass is 32.2. The maximum atomic E-state index is 13.7. The monoisotopic (exact) mass is 336 g/mol. The van der Waals surface area contributed by atoms with E-state index in [1.54, 1.807) is 28.3 Å². The molecule has 122 valence electrons. The Morgan fingerprint density at radius 1 is 1.43 bits per heavy atom. The molecule has 0 saturated heterocycles. The number of thioether (sulfide) groups is 1. The van der Waals surface area contributed by atoms with E-state index in [1.807, 2.05) is 6.26 Å². The number of carbonyl (C=O) groups excluding carboxylic acids is 1. The Bertz CT molecular complexity index is 843. The van der Waals surface area contributed by atoms with Gasteiger partial charge < -0.3 is 4.74 Å². The number of carbonyl (C=O) groups is 1. The van der Waals surface area contributed by atoms with Gasteiger partial charge in [0.25, 0.3) is 0 Å². The number of aromatic nitrogens is 4. The van der Waals surface area contributed by atoms with Crippen molar-refractivity contribution in [3.63, 3.8) is 0 Å². The molecule has 0 aromatic carbocycles. The Kier molecular flexibility index (Phi) is 5.05. The molecule has 0 fully saturated rings. The molecule has 0 aliphatic heterocycles. The molecule has 0 aliphatic rings. The number of esters is 1. The molecule has 0 aliphatic carbocycles. The van der Waals surface area contributed by atoms with Crippen LogP contribution in [0.15, 0.2) is 35.7 Å². The molecular formula is C15H17FN4O2S. The number of hydrogen-bond donors (Lipinski definition) is 0. The summed E-state index contributed by atoms with van der Waals surface area (Å²) in [5.41, 5.74) is 0.588. The summed E-state index contributed by atoms with van der Waals surface area (Å²) in [6, 6.07) is 2.92. The first-order chi connectivity index (χ1) is 10.7. The molecule has 0 spiro atoms. The molecule has 3 heterocycles. The molecule has 6 nitrogen and oxygen atoms in total. The second kappa shape index (κ2) is 6.82. The van der Waals surface area contributed by atoms with Crippen LogP contribution in [0, 0.1) is 5.82 Å². The summed E-state index contributed by atoms with van der Waals surface area (Å²) < 4.78 is 21.9. The number of halogens is 1. The van der Waals surface area contributed by atoms with Crippen molar-refractivity contribution >= 4 is 23.4 Å². The highest BCUT2D eigenvalue weighted by Gasteiger charge is 2.20. The van der Waals surface area contributed by atoms with Crippen molar-refractivity contribution in [3.8, 4) is 5.82 Å². The minimum atomic E-state index is -0.429. The summed E-state index contributed by atoms with van der Waals surface area (Å²) in [5.74, 6) is -0.256. The van der Waals surface area contributed by atoms with E-state index in [-0.39, 0.29) is 13.1 Å². The quantitative estimate of drug-likeness (QED) is 0.541. The molecule has 3 aromatic heterocycles. The molecule has 3 aromatic rings. The van der Waals surface area contributed by atoms with Crippen LogP contribution in [0.25, 0.3) is 11.5 Å². The zero-order valence-corrected chi connectivity index (χ0v) is 12.8. The zero-order chi connectivity index (χ0) is 15.7. The van der Waals surface area contributed by atoms with Gasteiger partial charge in [-0.25, -0.2) is 18.9 Å². The molecule has 8 heteroatoms. The number of nitrogens with zero attached hydrogens (tertiary/aromatic N) is 4. The normalized spacial score (nSPS) is 10.6. The largest absolute Gasteiger partial charge is 0.462 e. The fourth-order valence-corrected chi connectivity index (χ4v) is 2.86. The molecule has 0 unspecified atom stereocenters. The standard InChI is InChI=1S/C14H13FN4O2S.CH4/c1-3-21-14(20)9-8-17-19(13(9)22-2)11-5-4-10(15)12-16-6-7-18(11)12;/h4-8H,3H2,1-2H3;1H4. The Morgan fingerprint density at radius 3 is 2.91 bits per heavy atom. The molecule has 0 atom stereocenters. The lowest BCUT2D eigenvalue weighted by Gasteiger charge is -2.09. The van der Waals surface area contributed by atoms with Crippen LogP contribution in [0.1, 0.15) is 24.7 Å². The number of imidazole rings is 1. The minimum Gasteiger partial charge on any atom is -0.462 e. The third-order valence-electron chi connectivity index (χ3n) is 3.11. The van der Waals surface area contributed by atoms with Crippen LogP contribution in [-0.2, 0) is 4.74 Å². The highest BCUT2D eigenvalue weighted by Crippen LogP contribution is 2.25. The highest BCUT2D eigenvalue weighted by molar-refractivity contribution is 7.98. The molecule has 0 saturated carbocycles. The molecule has 0 radical (unpaired) electrons. The molecular weight excluding hydrogens is 319 g/mol. The number of fused-ring (bicyclic) bond motifs is 1. The average molecular weight is 336 g/mol. The van der Waals surface area contributed by atoms with E-state index >= 15 is 0 Å². The van der Waals surface area contributed by atoms with Crippen molar-refractivity contribution in [2.24, 2.45) is 0 Å². The number of rotatable bonds is 4. The van der Waals surface area contributed by atoms with E-state index in [0.29, 0.717) is 23.0 Å². The van der Waals surface area contributed by atoms with Gasteiger partial charge in [-0.2, -0.15) is 5.10 Å². The van der Waals surface area contributed by atoms with Crippen molar-refractivity contribution in [2.75, 3.05) is 12.9 Å². The lowest BCUT2D eigenvalue weighted by Crippen LogP contribution is -2.08. The van der Waals surface area contributed by atoms with Gasteiger partial charge in [-0.3, -0.25) is 4.40 Å². The molecule has 3 rings (SSSR count). The topological polar surface area (TPSA) is 61.4 Å². The van der Waals surface area contributed by atoms with Crippen LogP contribution >= 0.6 is 11.8 Å². The first-order valence-electron chi connectivity index (χ1n) is 6.58. The van der Waals surface area contributed by atoms with E-state index in [0.717, 1.165) is 0 Å². The van der Waals surface area contributed by atoms with Crippen LogP contribution < -0.4 is 0 Å². The van der Waals surface area contributed by atoms with Gasteiger partial charge in [-0.1, -0.05) is 7.43 Å². The van der Waals surface area contributed by atoms with Gasteiger partial charge in [-0.15, -0.1) is 11.8 Å². The Morgan fingerprint density at radius 2 is 2.22 bits per heavy atom. The summed E-state index contributed by atoms with van der Waals surface area (Å²) in [4.78, 5) is 15.9. The second-order valence-corrected chi connectivity index (χ2v) is 5.16. The van der Waals surface area contributed by atoms with Gasteiger partial charge in [0, 0.05) is 12.4 Å². The fraction of sp³-hybridized carbons (Fsp3) is 0.267. The van der Waals surface area contributed by atoms with E-state index in [4.69, 9.17) is 4.74 Å². The summed E-state index contributed by atoms with van der Waals surface area (Å²) in [6.45, 7) is 2.04. The van der Waals surface area contributed by atoms with Gasteiger partial charge >= 0.3 is 5.97 Å². The van der Waals surface area contributed by atoms with Crippen molar-refractivity contribution in [1.82, 2.24) is 19.2 Å². The van der Waals surface area contributed by atoms with Gasteiger partial charge in [0.15, 0.2) is 11.5 Å². The van der Waals surface area contributed by atoms with Crippen molar-refractivity contribution in [3.05, 3.63) is 42.1 Å². The van der Waals surface area contributed by atoms with E-state index in [9.17, 15) is 9.18 Å². The number of ether oxygens (including phenoxy) is 1. The second-order valence-electron chi connectivity index (χ2n) is 4.36. The van der Waals surface area contributed by atoms with Gasteiger partial charge in [0.2, 0.25) is 0 Å². The Balaban J connectivity index is 0.00000192. The Labute approximate surface area is 137 Å². The first kappa shape index (κ1) is 17.0. The summed E-state index contributed by atoms with van der Waals surface area (Å²) in [7, 11) is 0. The smallest absolute Gasteiger partial charge is 0.342 e. The third-order valence-corrected chi connectivity index (χ3v) is 3.89. The minimum absolute atomic E-state index is 0. The van der Waals surface area contributed by atoms with Crippen LogP contribution in [-0.4, -0.2) is 38.0 Å². The lowest BCUT2D eigenvalue weighted by atomic mass is 10.3. The van der Waals surface area contributed by atoms with E-state index < -0.39 is 11.8 Å². The van der Waals surface area contributed by atoms with Crippen LogP contribution in [0.4, 0.5) is 4.39 Å². The summed E-state index contributed by atoms with van der Waals surface area (Å²) in [6.07, 6.45) is 6.45. The summed E-state index contributed by atoms with van der Waals surface area (Å²) >= 11 is 1.37. The van der Waals surface area contributed by atoms with E-state index in [1.165, 1.54) is 30.2 Å². The lowest BCUT2D eigenvalue weighted by molar-refractivity contribution is 0.0522. The number of pyridine rings is 1. The third kappa shape index (κ3) is 2.81.